The quantitative estimate of drug-likeness (QED) is 0.413. The summed E-state index contributed by atoms with van der Waals surface area (Å²) in [6.45, 7) is 0.941. The summed E-state index contributed by atoms with van der Waals surface area (Å²) < 4.78 is 5.26. The summed E-state index contributed by atoms with van der Waals surface area (Å²) >= 11 is 0. The van der Waals surface area contributed by atoms with Crippen LogP contribution in [0.4, 0.5) is 0 Å². The molecular formula is C12H17NO7. The molecule has 1 fully saturated rings. The number of aliphatic hydroxyl groups is 4. The molecule has 5 atom stereocenters. The highest BCUT2D eigenvalue weighted by molar-refractivity contribution is 6.09. The number of nitrogens with zero attached hydrogens (tertiary/aromatic N) is 1. The van der Waals surface area contributed by atoms with E-state index in [1.165, 1.54) is 13.1 Å². The van der Waals surface area contributed by atoms with Gasteiger partial charge in [0, 0.05) is 11.8 Å². The zero-order valence-corrected chi connectivity index (χ0v) is 10.8. The molecule has 8 heteroatoms. The van der Waals surface area contributed by atoms with E-state index in [0.29, 0.717) is 5.57 Å². The second kappa shape index (κ2) is 5.58. The van der Waals surface area contributed by atoms with Crippen molar-refractivity contribution in [2.45, 2.75) is 44.0 Å². The monoisotopic (exact) mass is 287 g/mol. The number of carbonyl (C=O) groups excluding carboxylic acids is 2. The van der Waals surface area contributed by atoms with Crippen molar-refractivity contribution in [3.05, 3.63) is 11.8 Å². The van der Waals surface area contributed by atoms with Crippen LogP contribution in [0.5, 0.6) is 0 Å². The summed E-state index contributed by atoms with van der Waals surface area (Å²) in [4.78, 5) is 24.3. The van der Waals surface area contributed by atoms with Gasteiger partial charge >= 0.3 is 0 Å². The number of hydrogen-bond donors (Lipinski definition) is 4. The highest BCUT2D eigenvalue weighted by Gasteiger charge is 2.47. The van der Waals surface area contributed by atoms with Crippen LogP contribution in [-0.4, -0.2) is 74.3 Å². The van der Waals surface area contributed by atoms with E-state index in [0.717, 1.165) is 4.90 Å². The molecule has 0 aromatic heterocycles. The average Bonchev–Trinajstić information content (AvgIpc) is 2.41. The van der Waals surface area contributed by atoms with Crippen molar-refractivity contribution in [3.8, 4) is 0 Å². The fraction of sp³-hybridized carbons (Fsp3) is 0.667. The molecule has 2 aliphatic rings. The van der Waals surface area contributed by atoms with Crippen molar-refractivity contribution in [3.63, 3.8) is 0 Å². The van der Waals surface area contributed by atoms with Gasteiger partial charge in [0.2, 0.25) is 5.91 Å². The summed E-state index contributed by atoms with van der Waals surface area (Å²) in [6, 6.07) is 0. The minimum Gasteiger partial charge on any atom is -0.394 e. The SMILES string of the molecule is CC1=CN([C@@H]2OC(CO)[C@@H](O)[C@H](O)C2O)C(=O)CC1=O. The molecule has 0 radical (unpaired) electrons. The second-order valence-electron chi connectivity index (χ2n) is 4.93. The van der Waals surface area contributed by atoms with Gasteiger partial charge in [0.05, 0.1) is 13.0 Å². The van der Waals surface area contributed by atoms with Gasteiger partial charge in [0.1, 0.15) is 24.4 Å². The lowest BCUT2D eigenvalue weighted by atomic mass is 9.96. The summed E-state index contributed by atoms with van der Waals surface area (Å²) in [5.41, 5.74) is 0.321. The lowest BCUT2D eigenvalue weighted by Gasteiger charge is -2.44. The molecule has 2 unspecified atom stereocenters. The number of ether oxygens (including phenoxy) is 1. The normalized spacial score (nSPS) is 39.0. The van der Waals surface area contributed by atoms with Crippen LogP contribution < -0.4 is 0 Å². The Hall–Kier alpha value is -1.32. The van der Waals surface area contributed by atoms with Crippen LogP contribution in [0, 0.1) is 0 Å². The lowest BCUT2D eigenvalue weighted by molar-refractivity contribution is -0.256. The fourth-order valence-electron chi connectivity index (χ4n) is 2.25. The molecule has 0 aliphatic carbocycles. The molecule has 112 valence electrons. The fourth-order valence-corrected chi connectivity index (χ4v) is 2.25. The van der Waals surface area contributed by atoms with Crippen molar-refractivity contribution >= 4 is 11.7 Å². The molecule has 2 heterocycles. The van der Waals surface area contributed by atoms with E-state index in [9.17, 15) is 24.9 Å². The topological polar surface area (TPSA) is 128 Å². The van der Waals surface area contributed by atoms with Crippen molar-refractivity contribution in [2.75, 3.05) is 6.61 Å². The number of allylic oxidation sites excluding steroid dienone is 1. The van der Waals surface area contributed by atoms with Gasteiger partial charge < -0.3 is 25.2 Å². The third kappa shape index (κ3) is 2.48. The molecule has 0 bridgehead atoms. The van der Waals surface area contributed by atoms with Gasteiger partial charge in [-0.25, -0.2) is 0 Å². The number of aliphatic hydroxyl groups excluding tert-OH is 4. The maximum atomic E-state index is 11.8. The Kier molecular flexibility index (Phi) is 4.21. The summed E-state index contributed by atoms with van der Waals surface area (Å²) in [6.07, 6.45) is -6.08. The number of rotatable bonds is 2. The van der Waals surface area contributed by atoms with E-state index in [2.05, 4.69) is 0 Å². The molecule has 1 saturated heterocycles. The zero-order chi connectivity index (χ0) is 15.0. The molecule has 2 rings (SSSR count). The Balaban J connectivity index is 2.27. The Morgan fingerprint density at radius 3 is 2.50 bits per heavy atom. The van der Waals surface area contributed by atoms with Crippen LogP contribution in [0.15, 0.2) is 11.8 Å². The number of amides is 1. The van der Waals surface area contributed by atoms with Gasteiger partial charge in [-0.3, -0.25) is 14.5 Å². The van der Waals surface area contributed by atoms with Crippen LogP contribution in [0.3, 0.4) is 0 Å². The van der Waals surface area contributed by atoms with E-state index in [-0.39, 0.29) is 12.2 Å². The molecule has 4 N–H and O–H groups in total. The van der Waals surface area contributed by atoms with Gasteiger partial charge in [-0.15, -0.1) is 0 Å². The second-order valence-corrected chi connectivity index (χ2v) is 4.93. The third-order valence-corrected chi connectivity index (χ3v) is 3.51. The molecule has 0 aromatic carbocycles. The van der Waals surface area contributed by atoms with E-state index >= 15 is 0 Å². The highest BCUT2D eigenvalue weighted by Crippen LogP contribution is 2.26. The molecule has 0 saturated carbocycles. The third-order valence-electron chi connectivity index (χ3n) is 3.51. The predicted octanol–water partition coefficient (Wildman–Crippen LogP) is -2.51. The van der Waals surface area contributed by atoms with Gasteiger partial charge in [-0.05, 0) is 6.92 Å². The van der Waals surface area contributed by atoms with Gasteiger partial charge in [-0.1, -0.05) is 0 Å². The standard InChI is InChI=1S/C12H17NO7/c1-5-3-13(8(16)2-6(5)15)12-11(19)10(18)9(17)7(4-14)20-12/h3,7,9-12,14,17-19H,2,4H2,1H3/t7?,9-,10+,11?,12-/m1/s1. The molecule has 2 aliphatic heterocycles. The average molecular weight is 287 g/mol. The van der Waals surface area contributed by atoms with Crippen molar-refractivity contribution in [1.82, 2.24) is 4.90 Å². The number of hydrogen-bond acceptors (Lipinski definition) is 7. The van der Waals surface area contributed by atoms with Crippen molar-refractivity contribution in [1.29, 1.82) is 0 Å². The van der Waals surface area contributed by atoms with Gasteiger partial charge in [0.25, 0.3) is 0 Å². The van der Waals surface area contributed by atoms with Crippen LogP contribution in [0.1, 0.15) is 13.3 Å². The van der Waals surface area contributed by atoms with Gasteiger partial charge in [0.15, 0.2) is 12.0 Å². The summed E-state index contributed by atoms with van der Waals surface area (Å²) in [5.74, 6) is -0.902. The highest BCUT2D eigenvalue weighted by atomic mass is 16.6. The van der Waals surface area contributed by atoms with Crippen LogP contribution in [-0.2, 0) is 14.3 Å². The Morgan fingerprint density at radius 1 is 1.25 bits per heavy atom. The number of carbonyl (C=O) groups is 2. The molecule has 0 aromatic rings. The smallest absolute Gasteiger partial charge is 0.236 e. The number of Topliss-reactive ketones (excluding diaryl/α,β-unsaturated/α-hetero) is 1. The first-order valence-electron chi connectivity index (χ1n) is 6.20. The molecule has 1 amide bonds. The maximum absolute atomic E-state index is 11.8. The Bertz CT molecular complexity index is 447. The van der Waals surface area contributed by atoms with E-state index in [1.807, 2.05) is 0 Å². The molecule has 20 heavy (non-hydrogen) atoms. The lowest BCUT2D eigenvalue weighted by Crippen LogP contribution is -2.63. The first kappa shape index (κ1) is 15.1. The molecule has 8 nitrogen and oxygen atoms in total. The first-order chi connectivity index (χ1) is 9.36. The van der Waals surface area contributed by atoms with Crippen LogP contribution in [0.25, 0.3) is 0 Å². The maximum Gasteiger partial charge on any atom is 0.236 e. The Labute approximate surface area is 114 Å². The van der Waals surface area contributed by atoms with Crippen LogP contribution in [0.2, 0.25) is 0 Å². The first-order valence-corrected chi connectivity index (χ1v) is 6.20. The summed E-state index contributed by atoms with van der Waals surface area (Å²) in [5, 5.41) is 38.4. The zero-order valence-electron chi connectivity index (χ0n) is 10.8. The van der Waals surface area contributed by atoms with E-state index in [1.54, 1.807) is 0 Å². The van der Waals surface area contributed by atoms with Crippen molar-refractivity contribution < 1.29 is 34.8 Å². The minimum absolute atomic E-state index is 0.321. The molecule has 0 spiro atoms. The Morgan fingerprint density at radius 2 is 1.90 bits per heavy atom. The number of ketones is 1. The minimum atomic E-state index is -1.56. The van der Waals surface area contributed by atoms with Crippen molar-refractivity contribution in [2.24, 2.45) is 0 Å². The van der Waals surface area contributed by atoms with E-state index in [4.69, 9.17) is 9.84 Å². The van der Waals surface area contributed by atoms with Gasteiger partial charge in [-0.2, -0.15) is 0 Å². The molecular weight excluding hydrogens is 270 g/mol. The largest absolute Gasteiger partial charge is 0.394 e. The van der Waals surface area contributed by atoms with E-state index < -0.39 is 43.2 Å². The predicted molar refractivity (Wildman–Crippen MR) is 64.0 cm³/mol. The summed E-state index contributed by atoms with van der Waals surface area (Å²) in [7, 11) is 0. The van der Waals surface area contributed by atoms with Crippen LogP contribution >= 0.6 is 0 Å².